The minimum atomic E-state index is 0.0772. The van der Waals surface area contributed by atoms with Gasteiger partial charge in [0.25, 0.3) is 5.56 Å². The predicted molar refractivity (Wildman–Crippen MR) is 68.5 cm³/mol. The summed E-state index contributed by atoms with van der Waals surface area (Å²) >= 11 is 0. The van der Waals surface area contributed by atoms with Crippen molar-refractivity contribution >= 4 is 16.9 Å². The third-order valence-corrected chi connectivity index (χ3v) is 3.42. The minimum Gasteiger partial charge on any atom is -0.338 e. The molecule has 88 valence electrons. The Morgan fingerprint density at radius 1 is 1.41 bits per heavy atom. The molecule has 1 aliphatic heterocycles. The summed E-state index contributed by atoms with van der Waals surface area (Å²) in [6.07, 6.45) is 0. The molecule has 1 aromatic carbocycles. The van der Waals surface area contributed by atoms with Crippen LogP contribution < -0.4 is 10.5 Å². The minimum absolute atomic E-state index is 0.0772. The smallest absolute Gasteiger partial charge is 0.262 e. The number of anilines is 1. The molecule has 0 saturated heterocycles. The summed E-state index contributed by atoms with van der Waals surface area (Å²) < 4.78 is 1.79. The zero-order chi connectivity index (χ0) is 12.0. The Kier molecular flexibility index (Phi) is 2.18. The Labute approximate surface area is 99.5 Å². The largest absolute Gasteiger partial charge is 0.338 e. The van der Waals surface area contributed by atoms with Gasteiger partial charge >= 0.3 is 0 Å². The molecule has 0 N–H and O–H groups in total. The second kappa shape index (κ2) is 3.58. The molecule has 0 amide bonds. The van der Waals surface area contributed by atoms with E-state index in [0.29, 0.717) is 11.4 Å². The molecule has 0 saturated carbocycles. The van der Waals surface area contributed by atoms with Gasteiger partial charge in [-0.1, -0.05) is 12.1 Å². The predicted octanol–water partition coefficient (Wildman–Crippen LogP) is 1.62. The highest BCUT2D eigenvalue weighted by Gasteiger charge is 2.27. The van der Waals surface area contributed by atoms with Crippen molar-refractivity contribution in [2.24, 2.45) is 0 Å². The van der Waals surface area contributed by atoms with Gasteiger partial charge in [0, 0.05) is 19.1 Å². The molecule has 1 aliphatic rings. The average Bonchev–Trinajstić information content (AvgIpc) is 2.66. The van der Waals surface area contributed by atoms with Gasteiger partial charge in [0.15, 0.2) is 0 Å². The van der Waals surface area contributed by atoms with E-state index >= 15 is 0 Å². The van der Waals surface area contributed by atoms with E-state index in [4.69, 9.17) is 0 Å². The first kappa shape index (κ1) is 10.3. The SMILES string of the molecule is CCN1c2nc3ccccc3c(=O)n2CC1C. The van der Waals surface area contributed by atoms with Crippen LogP contribution in [0.2, 0.25) is 0 Å². The van der Waals surface area contributed by atoms with Crippen LogP contribution in [-0.2, 0) is 6.54 Å². The highest BCUT2D eigenvalue weighted by Crippen LogP contribution is 2.23. The van der Waals surface area contributed by atoms with Gasteiger partial charge < -0.3 is 4.90 Å². The average molecular weight is 229 g/mol. The fourth-order valence-electron chi connectivity index (χ4n) is 2.55. The number of para-hydroxylation sites is 1. The standard InChI is InChI=1S/C13H15N3O/c1-3-15-9(2)8-16-12(17)10-6-4-5-7-11(10)14-13(15)16/h4-7,9H,3,8H2,1-2H3. The Hall–Kier alpha value is -1.84. The van der Waals surface area contributed by atoms with Crippen LogP contribution in [0.1, 0.15) is 13.8 Å². The third-order valence-electron chi connectivity index (χ3n) is 3.42. The van der Waals surface area contributed by atoms with Gasteiger partial charge in [-0.05, 0) is 26.0 Å². The van der Waals surface area contributed by atoms with E-state index in [-0.39, 0.29) is 5.56 Å². The van der Waals surface area contributed by atoms with E-state index in [1.54, 1.807) is 4.57 Å². The molecular weight excluding hydrogens is 214 g/mol. The van der Waals surface area contributed by atoms with Crippen LogP contribution in [0.4, 0.5) is 5.95 Å². The molecule has 4 nitrogen and oxygen atoms in total. The Morgan fingerprint density at radius 3 is 2.94 bits per heavy atom. The van der Waals surface area contributed by atoms with E-state index < -0.39 is 0 Å². The van der Waals surface area contributed by atoms with Crippen LogP contribution in [0.3, 0.4) is 0 Å². The van der Waals surface area contributed by atoms with Gasteiger partial charge in [0.1, 0.15) is 0 Å². The number of hydrogen-bond acceptors (Lipinski definition) is 3. The molecule has 1 unspecified atom stereocenters. The highest BCUT2D eigenvalue weighted by atomic mass is 16.1. The molecule has 3 rings (SSSR count). The number of benzene rings is 1. The summed E-state index contributed by atoms with van der Waals surface area (Å²) in [6.45, 7) is 5.83. The van der Waals surface area contributed by atoms with Gasteiger partial charge in [0.05, 0.1) is 10.9 Å². The van der Waals surface area contributed by atoms with Gasteiger partial charge in [0.2, 0.25) is 5.95 Å². The van der Waals surface area contributed by atoms with Crippen molar-refractivity contribution in [1.29, 1.82) is 0 Å². The summed E-state index contributed by atoms with van der Waals surface area (Å²) in [6, 6.07) is 7.89. The molecule has 0 aliphatic carbocycles. The number of fused-ring (bicyclic) bond motifs is 2. The molecule has 2 aromatic rings. The summed E-state index contributed by atoms with van der Waals surface area (Å²) in [7, 11) is 0. The Balaban J connectivity index is 2.34. The van der Waals surface area contributed by atoms with Crippen molar-refractivity contribution in [3.8, 4) is 0 Å². The third kappa shape index (κ3) is 1.37. The zero-order valence-electron chi connectivity index (χ0n) is 10.1. The molecule has 4 heteroatoms. The van der Waals surface area contributed by atoms with Crippen molar-refractivity contribution in [2.75, 3.05) is 11.4 Å². The second-order valence-corrected chi connectivity index (χ2v) is 4.48. The van der Waals surface area contributed by atoms with Crippen LogP contribution in [-0.4, -0.2) is 22.1 Å². The lowest BCUT2D eigenvalue weighted by Crippen LogP contribution is -2.29. The van der Waals surface area contributed by atoms with Gasteiger partial charge in [-0.15, -0.1) is 0 Å². The van der Waals surface area contributed by atoms with Crippen molar-refractivity contribution in [3.05, 3.63) is 34.6 Å². The molecule has 0 radical (unpaired) electrons. The maximum Gasteiger partial charge on any atom is 0.262 e. The molecular formula is C13H15N3O. The number of rotatable bonds is 1. The lowest BCUT2D eigenvalue weighted by atomic mass is 10.2. The second-order valence-electron chi connectivity index (χ2n) is 4.48. The van der Waals surface area contributed by atoms with E-state index in [1.807, 2.05) is 24.3 Å². The number of likely N-dealkylation sites (N-methyl/N-ethyl adjacent to an activating group) is 1. The number of nitrogens with zero attached hydrogens (tertiary/aromatic N) is 3. The first-order valence-electron chi connectivity index (χ1n) is 5.98. The van der Waals surface area contributed by atoms with Crippen LogP contribution in [0, 0.1) is 0 Å². The lowest BCUT2D eigenvalue weighted by molar-refractivity contribution is 0.626. The first-order chi connectivity index (χ1) is 8.22. The molecule has 1 atom stereocenters. The molecule has 1 aromatic heterocycles. The molecule has 17 heavy (non-hydrogen) atoms. The molecule has 0 bridgehead atoms. The van der Waals surface area contributed by atoms with Crippen LogP contribution in [0.5, 0.6) is 0 Å². The van der Waals surface area contributed by atoms with Crippen LogP contribution >= 0.6 is 0 Å². The van der Waals surface area contributed by atoms with Crippen LogP contribution in [0.25, 0.3) is 10.9 Å². The maximum absolute atomic E-state index is 12.3. The van der Waals surface area contributed by atoms with Gasteiger partial charge in [-0.2, -0.15) is 0 Å². The maximum atomic E-state index is 12.3. The Morgan fingerprint density at radius 2 is 2.18 bits per heavy atom. The number of aromatic nitrogens is 2. The summed E-state index contributed by atoms with van der Waals surface area (Å²) in [5, 5.41) is 0.710. The van der Waals surface area contributed by atoms with Crippen molar-refractivity contribution < 1.29 is 0 Å². The van der Waals surface area contributed by atoms with Crippen LogP contribution in [0.15, 0.2) is 29.1 Å². The monoisotopic (exact) mass is 229 g/mol. The number of hydrogen-bond donors (Lipinski definition) is 0. The first-order valence-corrected chi connectivity index (χ1v) is 5.98. The van der Waals surface area contributed by atoms with Gasteiger partial charge in [-0.25, -0.2) is 4.98 Å². The fourth-order valence-corrected chi connectivity index (χ4v) is 2.55. The van der Waals surface area contributed by atoms with Crippen molar-refractivity contribution in [2.45, 2.75) is 26.4 Å². The molecule has 0 spiro atoms. The van der Waals surface area contributed by atoms with E-state index in [9.17, 15) is 4.79 Å². The summed E-state index contributed by atoms with van der Waals surface area (Å²) in [5.74, 6) is 0.809. The lowest BCUT2D eigenvalue weighted by Gasteiger charge is -2.19. The van der Waals surface area contributed by atoms with E-state index in [1.165, 1.54) is 0 Å². The van der Waals surface area contributed by atoms with Crippen molar-refractivity contribution in [1.82, 2.24) is 9.55 Å². The highest BCUT2D eigenvalue weighted by molar-refractivity contribution is 5.78. The normalized spacial score (nSPS) is 18.7. The van der Waals surface area contributed by atoms with Crippen molar-refractivity contribution in [3.63, 3.8) is 0 Å². The topological polar surface area (TPSA) is 38.1 Å². The van der Waals surface area contributed by atoms with E-state index in [2.05, 4.69) is 23.7 Å². The van der Waals surface area contributed by atoms with Gasteiger partial charge in [-0.3, -0.25) is 9.36 Å². The fraction of sp³-hybridized carbons (Fsp3) is 0.385. The molecule has 0 fully saturated rings. The summed E-state index contributed by atoms with van der Waals surface area (Å²) in [5.41, 5.74) is 0.865. The molecule has 2 heterocycles. The zero-order valence-corrected chi connectivity index (χ0v) is 10.1. The summed E-state index contributed by atoms with van der Waals surface area (Å²) in [4.78, 5) is 19.1. The van der Waals surface area contributed by atoms with E-state index in [0.717, 1.165) is 24.6 Å². The Bertz CT molecular complexity index is 632. The quantitative estimate of drug-likeness (QED) is 0.746.